The predicted molar refractivity (Wildman–Crippen MR) is 50.5 cm³/mol. The molecule has 0 fully saturated rings. The summed E-state index contributed by atoms with van der Waals surface area (Å²) in [6, 6.07) is 1.89. The average molecular weight is 192 g/mol. The number of hydrogen-bond donors (Lipinski definition) is 1. The van der Waals surface area contributed by atoms with Gasteiger partial charge in [0.2, 0.25) is 0 Å². The number of rotatable bonds is 3. The van der Waals surface area contributed by atoms with Gasteiger partial charge in [-0.25, -0.2) is 4.98 Å². The molecule has 0 saturated heterocycles. The molecule has 0 spiro atoms. The molecule has 0 unspecified atom stereocenters. The maximum atomic E-state index is 8.89. The Labute approximate surface area is 81.6 Å². The molecule has 2 heterocycles. The van der Waals surface area contributed by atoms with Crippen molar-refractivity contribution in [3.8, 4) is 0 Å². The number of aliphatic hydroxyl groups is 1. The van der Waals surface area contributed by atoms with E-state index in [1.807, 2.05) is 30.1 Å². The Balaban J connectivity index is 2.15. The summed E-state index contributed by atoms with van der Waals surface area (Å²) < 4.78 is 3.70. The van der Waals surface area contributed by atoms with Crippen molar-refractivity contribution in [3.63, 3.8) is 0 Å². The standard InChI is InChI=1S/C9H12N4O/c1-12-9(10-7-11-12)5-13-3-2-8(4-13)6-14/h2-4,7,14H,5-6H2,1H3. The van der Waals surface area contributed by atoms with E-state index in [4.69, 9.17) is 5.11 Å². The smallest absolute Gasteiger partial charge is 0.146 e. The largest absolute Gasteiger partial charge is 0.392 e. The van der Waals surface area contributed by atoms with Crippen LogP contribution in [0.2, 0.25) is 0 Å². The van der Waals surface area contributed by atoms with Crippen molar-refractivity contribution in [2.75, 3.05) is 0 Å². The van der Waals surface area contributed by atoms with Crippen LogP contribution in [0.4, 0.5) is 0 Å². The van der Waals surface area contributed by atoms with Gasteiger partial charge in [0.05, 0.1) is 13.2 Å². The molecule has 0 amide bonds. The van der Waals surface area contributed by atoms with Gasteiger partial charge in [0.15, 0.2) is 0 Å². The van der Waals surface area contributed by atoms with Crippen LogP contribution in [0.15, 0.2) is 24.8 Å². The Morgan fingerprint density at radius 3 is 2.93 bits per heavy atom. The predicted octanol–water partition coefficient (Wildman–Crippen LogP) is 0.157. The molecule has 0 aliphatic rings. The van der Waals surface area contributed by atoms with E-state index in [-0.39, 0.29) is 6.61 Å². The number of aliphatic hydroxyl groups excluding tert-OH is 1. The van der Waals surface area contributed by atoms with Crippen molar-refractivity contribution in [1.82, 2.24) is 19.3 Å². The SMILES string of the molecule is Cn1ncnc1Cn1ccc(CO)c1. The summed E-state index contributed by atoms with van der Waals surface area (Å²) in [7, 11) is 1.86. The van der Waals surface area contributed by atoms with E-state index in [0.29, 0.717) is 6.54 Å². The lowest BCUT2D eigenvalue weighted by Gasteiger charge is -2.01. The van der Waals surface area contributed by atoms with Gasteiger partial charge in [0.25, 0.3) is 0 Å². The van der Waals surface area contributed by atoms with Gasteiger partial charge in [-0.3, -0.25) is 4.68 Å². The molecule has 1 N–H and O–H groups in total. The van der Waals surface area contributed by atoms with E-state index in [9.17, 15) is 0 Å². The van der Waals surface area contributed by atoms with Gasteiger partial charge in [-0.15, -0.1) is 0 Å². The fourth-order valence-electron chi connectivity index (χ4n) is 1.31. The van der Waals surface area contributed by atoms with Crippen LogP contribution in [0.5, 0.6) is 0 Å². The Morgan fingerprint density at radius 1 is 1.50 bits per heavy atom. The average Bonchev–Trinajstić information content (AvgIpc) is 2.77. The fraction of sp³-hybridized carbons (Fsp3) is 0.333. The molecule has 0 aliphatic carbocycles. The molecule has 2 rings (SSSR count). The highest BCUT2D eigenvalue weighted by Crippen LogP contribution is 2.03. The quantitative estimate of drug-likeness (QED) is 0.753. The van der Waals surface area contributed by atoms with E-state index in [1.54, 1.807) is 4.68 Å². The summed E-state index contributed by atoms with van der Waals surface area (Å²) >= 11 is 0. The van der Waals surface area contributed by atoms with Crippen LogP contribution in [0.25, 0.3) is 0 Å². The van der Waals surface area contributed by atoms with Crippen molar-refractivity contribution in [3.05, 3.63) is 36.2 Å². The summed E-state index contributed by atoms with van der Waals surface area (Å²) in [4.78, 5) is 4.11. The highest BCUT2D eigenvalue weighted by molar-refractivity contribution is 5.09. The van der Waals surface area contributed by atoms with Crippen LogP contribution >= 0.6 is 0 Å². The minimum Gasteiger partial charge on any atom is -0.392 e. The number of aryl methyl sites for hydroxylation is 1. The number of aromatic nitrogens is 4. The molecule has 5 nitrogen and oxygen atoms in total. The van der Waals surface area contributed by atoms with Gasteiger partial charge in [-0.2, -0.15) is 5.10 Å². The fourth-order valence-corrected chi connectivity index (χ4v) is 1.31. The Kier molecular flexibility index (Phi) is 2.32. The molecule has 0 atom stereocenters. The zero-order valence-corrected chi connectivity index (χ0v) is 7.96. The summed E-state index contributed by atoms with van der Waals surface area (Å²) in [6.45, 7) is 0.752. The molecule has 2 aromatic heterocycles. The second kappa shape index (κ2) is 3.63. The highest BCUT2D eigenvalue weighted by atomic mass is 16.3. The molecule has 2 aromatic rings. The van der Waals surface area contributed by atoms with Crippen LogP contribution in [0.3, 0.4) is 0 Å². The zero-order valence-electron chi connectivity index (χ0n) is 7.96. The lowest BCUT2D eigenvalue weighted by Crippen LogP contribution is -2.05. The molecule has 0 bridgehead atoms. The molecule has 0 aliphatic heterocycles. The second-order valence-corrected chi connectivity index (χ2v) is 3.15. The maximum absolute atomic E-state index is 8.89. The maximum Gasteiger partial charge on any atom is 0.146 e. The van der Waals surface area contributed by atoms with Crippen LogP contribution in [0.1, 0.15) is 11.4 Å². The normalized spacial score (nSPS) is 10.7. The van der Waals surface area contributed by atoms with Gasteiger partial charge >= 0.3 is 0 Å². The van der Waals surface area contributed by atoms with Gasteiger partial charge in [0.1, 0.15) is 12.2 Å². The topological polar surface area (TPSA) is 55.9 Å². The van der Waals surface area contributed by atoms with Crippen molar-refractivity contribution >= 4 is 0 Å². The van der Waals surface area contributed by atoms with Gasteiger partial charge in [-0.05, 0) is 11.6 Å². The molecule has 0 saturated carbocycles. The molecule has 74 valence electrons. The third-order valence-corrected chi connectivity index (χ3v) is 2.12. The summed E-state index contributed by atoms with van der Waals surface area (Å²) in [5.41, 5.74) is 0.909. The van der Waals surface area contributed by atoms with E-state index in [2.05, 4.69) is 10.1 Å². The minimum absolute atomic E-state index is 0.0752. The third-order valence-electron chi connectivity index (χ3n) is 2.12. The van der Waals surface area contributed by atoms with E-state index < -0.39 is 0 Å². The van der Waals surface area contributed by atoms with E-state index >= 15 is 0 Å². The lowest BCUT2D eigenvalue weighted by atomic mass is 10.4. The van der Waals surface area contributed by atoms with Gasteiger partial charge in [-0.1, -0.05) is 0 Å². The Hall–Kier alpha value is -1.62. The van der Waals surface area contributed by atoms with Crippen molar-refractivity contribution in [2.45, 2.75) is 13.2 Å². The third kappa shape index (κ3) is 1.67. The first-order chi connectivity index (χ1) is 6.79. The van der Waals surface area contributed by atoms with Crippen molar-refractivity contribution in [2.24, 2.45) is 7.05 Å². The summed E-state index contributed by atoms with van der Waals surface area (Å²) in [5.74, 6) is 0.894. The molecule has 5 heteroatoms. The number of nitrogens with zero attached hydrogens (tertiary/aromatic N) is 4. The first-order valence-electron chi connectivity index (χ1n) is 4.38. The highest BCUT2D eigenvalue weighted by Gasteiger charge is 2.01. The minimum atomic E-state index is 0.0752. The van der Waals surface area contributed by atoms with Crippen LogP contribution in [-0.4, -0.2) is 24.4 Å². The Bertz CT molecular complexity index is 418. The van der Waals surface area contributed by atoms with Crippen molar-refractivity contribution in [1.29, 1.82) is 0 Å². The van der Waals surface area contributed by atoms with Gasteiger partial charge < -0.3 is 9.67 Å². The zero-order chi connectivity index (χ0) is 9.97. The Morgan fingerprint density at radius 2 is 2.36 bits per heavy atom. The molecular formula is C9H12N4O. The van der Waals surface area contributed by atoms with E-state index in [1.165, 1.54) is 6.33 Å². The molecule has 0 radical (unpaired) electrons. The van der Waals surface area contributed by atoms with Crippen LogP contribution in [-0.2, 0) is 20.2 Å². The van der Waals surface area contributed by atoms with Gasteiger partial charge in [0, 0.05) is 19.4 Å². The second-order valence-electron chi connectivity index (χ2n) is 3.15. The first kappa shape index (κ1) is 8.96. The number of hydrogen-bond acceptors (Lipinski definition) is 3. The lowest BCUT2D eigenvalue weighted by molar-refractivity contribution is 0.281. The first-order valence-corrected chi connectivity index (χ1v) is 4.38. The summed E-state index contributed by atoms with van der Waals surface area (Å²) in [6.07, 6.45) is 5.35. The van der Waals surface area contributed by atoms with Crippen LogP contribution in [0, 0.1) is 0 Å². The van der Waals surface area contributed by atoms with Crippen LogP contribution < -0.4 is 0 Å². The summed E-state index contributed by atoms with van der Waals surface area (Å²) in [5, 5.41) is 12.9. The molecular weight excluding hydrogens is 180 g/mol. The molecule has 14 heavy (non-hydrogen) atoms. The molecule has 0 aromatic carbocycles. The van der Waals surface area contributed by atoms with E-state index in [0.717, 1.165) is 11.4 Å². The van der Waals surface area contributed by atoms with Crippen molar-refractivity contribution < 1.29 is 5.11 Å². The monoisotopic (exact) mass is 192 g/mol.